The van der Waals surface area contributed by atoms with Gasteiger partial charge >= 0.3 is 0 Å². The molecule has 0 radical (unpaired) electrons. The van der Waals surface area contributed by atoms with Gasteiger partial charge in [-0.3, -0.25) is 9.78 Å². The normalized spacial score (nSPS) is 18.3. The molecule has 0 saturated heterocycles. The van der Waals surface area contributed by atoms with Crippen LogP contribution >= 0.6 is 0 Å². The van der Waals surface area contributed by atoms with Crippen LogP contribution in [-0.2, 0) is 0 Å². The third-order valence-corrected chi connectivity index (χ3v) is 4.45. The molecule has 0 unspecified atom stereocenters. The first kappa shape index (κ1) is 11.5. The van der Waals surface area contributed by atoms with Gasteiger partial charge in [0.05, 0.1) is 0 Å². The molecule has 0 aromatic carbocycles. The van der Waals surface area contributed by atoms with Crippen molar-refractivity contribution in [3.63, 3.8) is 0 Å². The first-order valence-corrected chi connectivity index (χ1v) is 6.73. The van der Waals surface area contributed by atoms with Gasteiger partial charge in [-0.05, 0) is 25.3 Å². The molecule has 0 amide bonds. The summed E-state index contributed by atoms with van der Waals surface area (Å²) in [7, 11) is 0. The zero-order chi connectivity index (χ0) is 12.6. The molecular weight excluding hydrogens is 224 g/mol. The largest absolute Gasteiger partial charge is 0.360 e. The topological polar surface area (TPSA) is 45.8 Å². The van der Waals surface area contributed by atoms with Gasteiger partial charge in [0.1, 0.15) is 0 Å². The molecule has 1 saturated carbocycles. The maximum absolute atomic E-state index is 12.8. The fourth-order valence-corrected chi connectivity index (χ4v) is 3.23. The summed E-state index contributed by atoms with van der Waals surface area (Å²) < 4.78 is 0. The highest BCUT2D eigenvalue weighted by Gasteiger charge is 2.40. The minimum absolute atomic E-state index is 0.120. The van der Waals surface area contributed by atoms with Crippen LogP contribution in [0.15, 0.2) is 24.7 Å². The van der Waals surface area contributed by atoms with Crippen molar-refractivity contribution in [3.05, 3.63) is 30.2 Å². The lowest BCUT2D eigenvalue weighted by atomic mass is 9.76. The summed E-state index contributed by atoms with van der Waals surface area (Å²) >= 11 is 0. The summed E-state index contributed by atoms with van der Waals surface area (Å²) in [5, 5.41) is 0.960. The number of carbonyl (C=O) groups excluding carboxylic acids is 1. The van der Waals surface area contributed by atoms with Crippen molar-refractivity contribution in [2.75, 3.05) is 0 Å². The van der Waals surface area contributed by atoms with Crippen molar-refractivity contribution in [1.29, 1.82) is 0 Å². The van der Waals surface area contributed by atoms with Crippen molar-refractivity contribution >= 4 is 16.7 Å². The quantitative estimate of drug-likeness (QED) is 0.834. The van der Waals surface area contributed by atoms with Crippen LogP contribution in [0.5, 0.6) is 0 Å². The highest BCUT2D eigenvalue weighted by atomic mass is 16.1. The van der Waals surface area contributed by atoms with Crippen LogP contribution in [0.2, 0.25) is 0 Å². The molecule has 18 heavy (non-hydrogen) atoms. The fourth-order valence-electron chi connectivity index (χ4n) is 3.23. The number of fused-ring (bicyclic) bond motifs is 1. The van der Waals surface area contributed by atoms with Gasteiger partial charge in [-0.2, -0.15) is 0 Å². The fraction of sp³-hybridized carbons (Fsp3) is 0.467. The number of hydrogen-bond donors (Lipinski definition) is 1. The van der Waals surface area contributed by atoms with E-state index in [1.807, 2.05) is 12.3 Å². The van der Waals surface area contributed by atoms with E-state index < -0.39 is 0 Å². The van der Waals surface area contributed by atoms with Crippen LogP contribution in [0.25, 0.3) is 10.9 Å². The minimum atomic E-state index is -0.120. The molecule has 2 heterocycles. The lowest BCUT2D eigenvalue weighted by Crippen LogP contribution is -2.27. The lowest BCUT2D eigenvalue weighted by molar-refractivity contribution is 0.0793. The van der Waals surface area contributed by atoms with Gasteiger partial charge < -0.3 is 4.98 Å². The van der Waals surface area contributed by atoms with E-state index in [1.165, 1.54) is 12.8 Å². The number of nitrogens with zero attached hydrogens (tertiary/aromatic N) is 1. The third-order valence-electron chi connectivity index (χ3n) is 4.45. The Balaban J connectivity index is 2.06. The highest BCUT2D eigenvalue weighted by Crippen LogP contribution is 2.44. The molecule has 1 aliphatic rings. The molecule has 3 rings (SSSR count). The smallest absolute Gasteiger partial charge is 0.171 e. The Morgan fingerprint density at radius 3 is 2.94 bits per heavy atom. The molecule has 94 valence electrons. The second-order valence-electron chi connectivity index (χ2n) is 5.29. The first-order valence-electron chi connectivity index (χ1n) is 6.73. The van der Waals surface area contributed by atoms with Crippen LogP contribution < -0.4 is 0 Å². The number of aromatic amines is 1. The molecule has 1 N–H and O–H groups in total. The van der Waals surface area contributed by atoms with Crippen molar-refractivity contribution in [1.82, 2.24) is 9.97 Å². The Morgan fingerprint density at radius 2 is 2.22 bits per heavy atom. The number of pyridine rings is 1. The van der Waals surface area contributed by atoms with Crippen molar-refractivity contribution in [3.8, 4) is 0 Å². The number of carbonyl (C=O) groups is 1. The van der Waals surface area contributed by atoms with E-state index in [4.69, 9.17) is 0 Å². The van der Waals surface area contributed by atoms with Crippen LogP contribution in [0.1, 0.15) is 49.4 Å². The minimum Gasteiger partial charge on any atom is -0.360 e. The lowest BCUT2D eigenvalue weighted by Gasteiger charge is -2.25. The SMILES string of the molecule is CCC1(C(=O)c2c[nH]c3ccncc23)CCCC1. The van der Waals surface area contributed by atoms with Crippen LogP contribution in [0.4, 0.5) is 0 Å². The van der Waals surface area contributed by atoms with Crippen molar-refractivity contribution < 1.29 is 4.79 Å². The summed E-state index contributed by atoms with van der Waals surface area (Å²) in [6, 6.07) is 1.92. The van der Waals surface area contributed by atoms with Crippen LogP contribution in [-0.4, -0.2) is 15.8 Å². The zero-order valence-corrected chi connectivity index (χ0v) is 10.7. The number of rotatable bonds is 3. The maximum atomic E-state index is 12.8. The maximum Gasteiger partial charge on any atom is 0.171 e. The molecule has 1 aliphatic carbocycles. The number of H-pyrrole nitrogens is 1. The molecule has 3 nitrogen and oxygen atoms in total. The molecule has 0 atom stereocenters. The Kier molecular flexibility index (Phi) is 2.69. The third kappa shape index (κ3) is 1.57. The number of Topliss-reactive ketones (excluding diaryl/α,β-unsaturated/α-hetero) is 1. The summed E-state index contributed by atoms with van der Waals surface area (Å²) in [6.07, 6.45) is 10.8. The Morgan fingerprint density at radius 1 is 1.44 bits per heavy atom. The molecule has 1 fully saturated rings. The van der Waals surface area contributed by atoms with E-state index in [-0.39, 0.29) is 5.41 Å². The predicted molar refractivity (Wildman–Crippen MR) is 71.6 cm³/mol. The Bertz CT molecular complexity index is 579. The van der Waals surface area contributed by atoms with Gasteiger partial charge in [-0.25, -0.2) is 0 Å². The monoisotopic (exact) mass is 242 g/mol. The van der Waals surface area contributed by atoms with Crippen molar-refractivity contribution in [2.24, 2.45) is 5.41 Å². The second kappa shape index (κ2) is 4.23. The summed E-state index contributed by atoms with van der Waals surface area (Å²) in [5.41, 5.74) is 1.70. The Hall–Kier alpha value is -1.64. The molecule has 3 heteroatoms. The second-order valence-corrected chi connectivity index (χ2v) is 5.29. The number of aromatic nitrogens is 2. The average Bonchev–Trinajstić information content (AvgIpc) is 3.05. The Labute approximate surface area is 107 Å². The van der Waals surface area contributed by atoms with E-state index >= 15 is 0 Å². The molecular formula is C15H18N2O. The highest BCUT2D eigenvalue weighted by molar-refractivity contribution is 6.10. The summed E-state index contributed by atoms with van der Waals surface area (Å²) in [5.74, 6) is 0.307. The van der Waals surface area contributed by atoms with Crippen LogP contribution in [0.3, 0.4) is 0 Å². The van der Waals surface area contributed by atoms with Gasteiger partial charge in [0.15, 0.2) is 5.78 Å². The predicted octanol–water partition coefficient (Wildman–Crippen LogP) is 3.72. The van der Waals surface area contributed by atoms with E-state index in [0.717, 1.165) is 35.7 Å². The molecule has 0 spiro atoms. The van der Waals surface area contributed by atoms with E-state index in [1.54, 1.807) is 12.4 Å². The zero-order valence-electron chi connectivity index (χ0n) is 10.7. The van der Waals surface area contributed by atoms with E-state index in [9.17, 15) is 4.79 Å². The molecule has 0 bridgehead atoms. The average molecular weight is 242 g/mol. The van der Waals surface area contributed by atoms with E-state index in [0.29, 0.717) is 5.78 Å². The number of ketones is 1. The van der Waals surface area contributed by atoms with Gasteiger partial charge in [-0.1, -0.05) is 19.8 Å². The van der Waals surface area contributed by atoms with Gasteiger partial charge in [-0.15, -0.1) is 0 Å². The van der Waals surface area contributed by atoms with E-state index in [2.05, 4.69) is 16.9 Å². The van der Waals surface area contributed by atoms with Gasteiger partial charge in [0.2, 0.25) is 0 Å². The molecule has 2 aromatic rings. The number of hydrogen-bond acceptors (Lipinski definition) is 2. The van der Waals surface area contributed by atoms with Crippen molar-refractivity contribution in [2.45, 2.75) is 39.0 Å². The number of nitrogens with one attached hydrogen (secondary N) is 1. The van der Waals surface area contributed by atoms with Gasteiger partial charge in [0.25, 0.3) is 0 Å². The van der Waals surface area contributed by atoms with Gasteiger partial charge in [0, 0.05) is 40.5 Å². The molecule has 2 aromatic heterocycles. The van der Waals surface area contributed by atoms with Crippen LogP contribution in [0, 0.1) is 5.41 Å². The standard InChI is InChI=1S/C15H18N2O/c1-2-15(6-3-4-7-15)14(18)12-10-17-13-5-8-16-9-11(12)13/h5,8-10,17H,2-4,6-7H2,1H3. The summed E-state index contributed by atoms with van der Waals surface area (Å²) in [6.45, 7) is 2.14. The first-order chi connectivity index (χ1) is 8.77. The summed E-state index contributed by atoms with van der Waals surface area (Å²) in [4.78, 5) is 20.1. The molecule has 0 aliphatic heterocycles.